The lowest BCUT2D eigenvalue weighted by molar-refractivity contribution is 0.183. The molecule has 15 heavy (non-hydrogen) atoms. The van der Waals surface area contributed by atoms with E-state index in [-0.39, 0.29) is 6.10 Å². The summed E-state index contributed by atoms with van der Waals surface area (Å²) in [5.41, 5.74) is 1.27. The number of nitrogens with one attached hydrogen (secondary N) is 1. The van der Waals surface area contributed by atoms with Gasteiger partial charge in [-0.3, -0.25) is 0 Å². The van der Waals surface area contributed by atoms with Crippen LogP contribution in [0.1, 0.15) is 18.9 Å². The van der Waals surface area contributed by atoms with E-state index in [0.29, 0.717) is 23.6 Å². The number of rotatable bonds is 4. The minimum atomic E-state index is -0.362. The predicted molar refractivity (Wildman–Crippen MR) is 61.0 cm³/mol. The van der Waals surface area contributed by atoms with Crippen LogP contribution in [0, 0.1) is 11.3 Å². The fraction of sp³-hybridized carbons (Fsp3) is 0.364. The maximum atomic E-state index is 9.34. The molecule has 0 aliphatic rings. The number of aliphatic hydroxyl groups excluding tert-OH is 1. The van der Waals surface area contributed by atoms with Crippen LogP contribution in [0.25, 0.3) is 0 Å². The molecule has 0 saturated heterocycles. The molecule has 1 unspecified atom stereocenters. The third kappa shape index (κ3) is 3.43. The first-order chi connectivity index (χ1) is 7.17. The highest BCUT2D eigenvalue weighted by Crippen LogP contribution is 2.20. The smallest absolute Gasteiger partial charge is 0.101 e. The van der Waals surface area contributed by atoms with E-state index in [1.54, 1.807) is 18.2 Å². The lowest BCUT2D eigenvalue weighted by Crippen LogP contribution is -2.18. The number of halogens is 1. The largest absolute Gasteiger partial charge is 0.391 e. The fourth-order valence-corrected chi connectivity index (χ4v) is 1.32. The summed E-state index contributed by atoms with van der Waals surface area (Å²) in [6.07, 6.45) is 0.344. The molecule has 1 aromatic rings. The molecule has 4 heteroatoms. The molecule has 0 aliphatic heterocycles. The van der Waals surface area contributed by atoms with Crippen molar-refractivity contribution in [2.45, 2.75) is 19.4 Å². The summed E-state index contributed by atoms with van der Waals surface area (Å²) in [5.74, 6) is 0. The van der Waals surface area contributed by atoms with E-state index in [9.17, 15) is 5.11 Å². The number of hydrogen-bond donors (Lipinski definition) is 2. The van der Waals surface area contributed by atoms with Crippen molar-refractivity contribution in [3.63, 3.8) is 0 Å². The maximum Gasteiger partial charge on any atom is 0.101 e. The van der Waals surface area contributed by atoms with Gasteiger partial charge in [0, 0.05) is 12.2 Å². The SMILES string of the molecule is CCC(O)CNc1ccc(C#N)c(Cl)c1. The molecule has 2 N–H and O–H groups in total. The standard InChI is InChI=1S/C11H13ClN2O/c1-2-10(15)7-14-9-4-3-8(6-13)11(12)5-9/h3-5,10,14-15H,2,7H2,1H3. The van der Waals surface area contributed by atoms with Crippen molar-refractivity contribution in [2.75, 3.05) is 11.9 Å². The van der Waals surface area contributed by atoms with E-state index in [1.807, 2.05) is 13.0 Å². The number of anilines is 1. The highest BCUT2D eigenvalue weighted by Gasteiger charge is 2.03. The van der Waals surface area contributed by atoms with Crippen LogP contribution in [0.5, 0.6) is 0 Å². The third-order valence-electron chi connectivity index (χ3n) is 2.10. The second kappa shape index (κ2) is 5.59. The Bertz CT molecular complexity index is 373. The molecule has 0 radical (unpaired) electrons. The molecule has 1 aromatic carbocycles. The average Bonchev–Trinajstić information content (AvgIpc) is 2.26. The van der Waals surface area contributed by atoms with Gasteiger partial charge in [0.15, 0.2) is 0 Å². The number of aliphatic hydroxyl groups is 1. The van der Waals surface area contributed by atoms with Gasteiger partial charge in [0.05, 0.1) is 16.7 Å². The topological polar surface area (TPSA) is 56.0 Å². The van der Waals surface area contributed by atoms with Crippen LogP contribution in [0.15, 0.2) is 18.2 Å². The van der Waals surface area contributed by atoms with E-state index in [4.69, 9.17) is 16.9 Å². The second-order valence-corrected chi connectivity index (χ2v) is 3.66. The van der Waals surface area contributed by atoms with Crippen LogP contribution >= 0.6 is 11.6 Å². The van der Waals surface area contributed by atoms with Crippen molar-refractivity contribution >= 4 is 17.3 Å². The van der Waals surface area contributed by atoms with Crippen molar-refractivity contribution in [3.05, 3.63) is 28.8 Å². The summed E-state index contributed by atoms with van der Waals surface area (Å²) in [6.45, 7) is 2.40. The van der Waals surface area contributed by atoms with Crippen molar-refractivity contribution in [1.29, 1.82) is 5.26 Å². The van der Waals surface area contributed by atoms with Gasteiger partial charge in [0.25, 0.3) is 0 Å². The van der Waals surface area contributed by atoms with E-state index in [1.165, 1.54) is 0 Å². The number of nitrogens with zero attached hydrogens (tertiary/aromatic N) is 1. The van der Waals surface area contributed by atoms with Crippen LogP contribution in [0.4, 0.5) is 5.69 Å². The summed E-state index contributed by atoms with van der Waals surface area (Å²) in [6, 6.07) is 7.10. The molecule has 0 aromatic heterocycles. The molecule has 0 saturated carbocycles. The van der Waals surface area contributed by atoms with Crippen molar-refractivity contribution < 1.29 is 5.11 Å². The molecule has 0 heterocycles. The molecule has 0 bridgehead atoms. The molecule has 0 spiro atoms. The Hall–Kier alpha value is -1.24. The van der Waals surface area contributed by atoms with Crippen LogP contribution < -0.4 is 5.32 Å². The summed E-state index contributed by atoms with van der Waals surface area (Å²) in [5, 5.41) is 21.5. The van der Waals surface area contributed by atoms with E-state index in [2.05, 4.69) is 5.32 Å². The van der Waals surface area contributed by atoms with E-state index >= 15 is 0 Å². The van der Waals surface area contributed by atoms with Gasteiger partial charge in [-0.25, -0.2) is 0 Å². The predicted octanol–water partition coefficient (Wildman–Crippen LogP) is 2.39. The molecular weight excluding hydrogens is 212 g/mol. The van der Waals surface area contributed by atoms with Crippen LogP contribution in [-0.2, 0) is 0 Å². The summed E-state index contributed by atoms with van der Waals surface area (Å²) in [7, 11) is 0. The van der Waals surface area contributed by atoms with Gasteiger partial charge in [-0.15, -0.1) is 0 Å². The van der Waals surface area contributed by atoms with Gasteiger partial charge in [0.1, 0.15) is 6.07 Å². The first-order valence-electron chi connectivity index (χ1n) is 4.79. The molecule has 80 valence electrons. The molecular formula is C11H13ClN2O. The first-order valence-corrected chi connectivity index (χ1v) is 5.16. The van der Waals surface area contributed by atoms with Crippen LogP contribution in [-0.4, -0.2) is 17.8 Å². The molecule has 0 aliphatic carbocycles. The normalized spacial score (nSPS) is 11.9. The highest BCUT2D eigenvalue weighted by molar-refractivity contribution is 6.32. The fourth-order valence-electron chi connectivity index (χ4n) is 1.10. The molecule has 1 atom stereocenters. The van der Waals surface area contributed by atoms with Gasteiger partial charge in [-0.05, 0) is 24.6 Å². The first kappa shape index (κ1) is 11.8. The number of nitriles is 1. The van der Waals surface area contributed by atoms with Gasteiger partial charge >= 0.3 is 0 Å². The zero-order chi connectivity index (χ0) is 11.3. The van der Waals surface area contributed by atoms with Crippen LogP contribution in [0.2, 0.25) is 5.02 Å². The van der Waals surface area contributed by atoms with Gasteiger partial charge in [0.2, 0.25) is 0 Å². The lowest BCUT2D eigenvalue weighted by atomic mass is 10.2. The summed E-state index contributed by atoms with van der Waals surface area (Å²) >= 11 is 5.85. The Morgan fingerprint density at radius 3 is 2.87 bits per heavy atom. The van der Waals surface area contributed by atoms with Crippen LogP contribution in [0.3, 0.4) is 0 Å². The average molecular weight is 225 g/mol. The number of benzene rings is 1. The zero-order valence-corrected chi connectivity index (χ0v) is 9.25. The van der Waals surface area contributed by atoms with E-state index < -0.39 is 0 Å². The van der Waals surface area contributed by atoms with Crippen molar-refractivity contribution in [3.8, 4) is 6.07 Å². The Morgan fingerprint density at radius 1 is 1.60 bits per heavy atom. The second-order valence-electron chi connectivity index (χ2n) is 3.25. The highest BCUT2D eigenvalue weighted by atomic mass is 35.5. The van der Waals surface area contributed by atoms with Gasteiger partial charge in [-0.2, -0.15) is 5.26 Å². The molecule has 1 rings (SSSR count). The zero-order valence-electron chi connectivity index (χ0n) is 8.50. The quantitative estimate of drug-likeness (QED) is 0.826. The van der Waals surface area contributed by atoms with Gasteiger partial charge < -0.3 is 10.4 Å². The maximum absolute atomic E-state index is 9.34. The Kier molecular flexibility index (Phi) is 4.41. The van der Waals surface area contributed by atoms with Crippen molar-refractivity contribution in [2.24, 2.45) is 0 Å². The minimum Gasteiger partial charge on any atom is -0.391 e. The summed E-state index contributed by atoms with van der Waals surface area (Å²) in [4.78, 5) is 0. The molecule has 0 amide bonds. The van der Waals surface area contributed by atoms with E-state index in [0.717, 1.165) is 5.69 Å². The van der Waals surface area contributed by atoms with Gasteiger partial charge in [-0.1, -0.05) is 18.5 Å². The Balaban J connectivity index is 2.64. The Labute approximate surface area is 94.3 Å². The molecule has 0 fully saturated rings. The number of hydrogen-bond acceptors (Lipinski definition) is 3. The third-order valence-corrected chi connectivity index (χ3v) is 2.42. The van der Waals surface area contributed by atoms with Crippen molar-refractivity contribution in [1.82, 2.24) is 0 Å². The monoisotopic (exact) mass is 224 g/mol. The lowest BCUT2D eigenvalue weighted by Gasteiger charge is -2.10. The molecule has 3 nitrogen and oxygen atoms in total. The Morgan fingerprint density at radius 2 is 2.33 bits per heavy atom. The minimum absolute atomic E-state index is 0.362. The summed E-state index contributed by atoms with van der Waals surface area (Å²) < 4.78 is 0.